The van der Waals surface area contributed by atoms with Gasteiger partial charge in [0, 0.05) is 5.38 Å². The predicted octanol–water partition coefficient (Wildman–Crippen LogP) is 4.37. The molecule has 2 rings (SSSR count). The molecule has 0 aromatic carbocycles. The van der Waals surface area contributed by atoms with Gasteiger partial charge in [0.1, 0.15) is 5.01 Å². The maximum Gasteiger partial charge on any atom is 0.119 e. The first kappa shape index (κ1) is 13.3. The van der Waals surface area contributed by atoms with Gasteiger partial charge in [0.2, 0.25) is 0 Å². The number of aromatic nitrogens is 1. The summed E-state index contributed by atoms with van der Waals surface area (Å²) in [5, 5.41) is 3.07. The summed E-state index contributed by atoms with van der Waals surface area (Å²) in [5.74, 6) is 1.36. The molecule has 0 saturated heterocycles. The van der Waals surface area contributed by atoms with Gasteiger partial charge >= 0.3 is 0 Å². The highest BCUT2D eigenvalue weighted by Crippen LogP contribution is 2.29. The van der Waals surface area contributed by atoms with Gasteiger partial charge in [-0.05, 0) is 18.8 Å². The van der Waals surface area contributed by atoms with E-state index in [1.807, 2.05) is 5.38 Å². The van der Waals surface area contributed by atoms with Crippen LogP contribution in [0.5, 0.6) is 0 Å². The van der Waals surface area contributed by atoms with E-state index in [0.29, 0.717) is 18.6 Å². The first-order chi connectivity index (χ1) is 8.31. The molecule has 1 aromatic rings. The first-order valence-corrected chi connectivity index (χ1v) is 7.84. The van der Waals surface area contributed by atoms with E-state index < -0.39 is 0 Å². The minimum absolute atomic E-state index is 0.442. The third-order valence-corrected chi connectivity index (χ3v) is 4.64. The fourth-order valence-electron chi connectivity index (χ4n) is 2.43. The molecule has 0 amide bonds. The second kappa shape index (κ2) is 6.72. The predicted molar refractivity (Wildman–Crippen MR) is 72.5 cm³/mol. The summed E-state index contributed by atoms with van der Waals surface area (Å²) >= 11 is 7.38. The van der Waals surface area contributed by atoms with Crippen LogP contribution in [-0.2, 0) is 17.2 Å². The van der Waals surface area contributed by atoms with Crippen molar-refractivity contribution in [3.63, 3.8) is 0 Å². The van der Waals surface area contributed by atoms with Crippen LogP contribution in [0.3, 0.4) is 0 Å². The van der Waals surface area contributed by atoms with E-state index in [2.05, 4.69) is 11.9 Å². The molecule has 1 fully saturated rings. The van der Waals surface area contributed by atoms with Crippen molar-refractivity contribution in [3.05, 3.63) is 16.1 Å². The minimum atomic E-state index is 0.442. The standard InChI is InChI=1S/C13H20ClNOS/c1-2-10-4-3-5-12(6-10)16-8-13-15-11(7-14)9-17-13/h9-10,12H,2-8H2,1H3. The molecule has 0 spiro atoms. The molecule has 17 heavy (non-hydrogen) atoms. The highest BCUT2D eigenvalue weighted by molar-refractivity contribution is 7.09. The summed E-state index contributed by atoms with van der Waals surface area (Å²) in [6.07, 6.45) is 6.86. The van der Waals surface area contributed by atoms with Gasteiger partial charge in [0.15, 0.2) is 0 Å². The molecule has 1 aliphatic carbocycles. The number of hydrogen-bond donors (Lipinski definition) is 0. The van der Waals surface area contributed by atoms with Crippen LogP contribution in [-0.4, -0.2) is 11.1 Å². The molecule has 4 heteroatoms. The van der Waals surface area contributed by atoms with Crippen molar-refractivity contribution >= 4 is 22.9 Å². The molecule has 0 N–H and O–H groups in total. The van der Waals surface area contributed by atoms with Crippen LogP contribution in [0, 0.1) is 5.92 Å². The molecule has 1 aliphatic rings. The Bertz CT molecular complexity index is 342. The second-order valence-corrected chi connectivity index (χ2v) is 5.95. The third kappa shape index (κ3) is 3.94. The summed E-state index contributed by atoms with van der Waals surface area (Å²) in [6.45, 7) is 2.93. The molecule has 1 saturated carbocycles. The Kier molecular flexibility index (Phi) is 5.26. The topological polar surface area (TPSA) is 22.1 Å². The first-order valence-electron chi connectivity index (χ1n) is 6.42. The van der Waals surface area contributed by atoms with Gasteiger partial charge in [0.05, 0.1) is 24.3 Å². The number of halogens is 1. The normalized spacial score (nSPS) is 25.1. The fraction of sp³-hybridized carbons (Fsp3) is 0.769. The number of alkyl halides is 1. The molecule has 0 aliphatic heterocycles. The van der Waals surface area contributed by atoms with Gasteiger partial charge in [-0.15, -0.1) is 22.9 Å². The van der Waals surface area contributed by atoms with Crippen LogP contribution in [0.2, 0.25) is 0 Å². The van der Waals surface area contributed by atoms with Crippen molar-refractivity contribution in [3.8, 4) is 0 Å². The zero-order valence-corrected chi connectivity index (χ0v) is 11.9. The maximum absolute atomic E-state index is 5.96. The lowest BCUT2D eigenvalue weighted by atomic mass is 9.85. The van der Waals surface area contributed by atoms with Crippen molar-refractivity contribution < 1.29 is 4.74 Å². The van der Waals surface area contributed by atoms with E-state index in [1.165, 1.54) is 32.1 Å². The zero-order chi connectivity index (χ0) is 12.1. The number of hydrogen-bond acceptors (Lipinski definition) is 3. The summed E-state index contributed by atoms with van der Waals surface area (Å²) in [5.41, 5.74) is 0.963. The van der Waals surface area contributed by atoms with Gasteiger partial charge in [-0.3, -0.25) is 0 Å². The summed E-state index contributed by atoms with van der Waals surface area (Å²) in [4.78, 5) is 4.41. The highest BCUT2D eigenvalue weighted by Gasteiger charge is 2.21. The van der Waals surface area contributed by atoms with Crippen molar-refractivity contribution in [2.45, 2.75) is 57.6 Å². The Labute approximate surface area is 112 Å². The summed E-state index contributed by atoms with van der Waals surface area (Å²) in [7, 11) is 0. The molecule has 2 unspecified atom stereocenters. The minimum Gasteiger partial charge on any atom is -0.371 e. The van der Waals surface area contributed by atoms with E-state index in [1.54, 1.807) is 11.3 Å². The third-order valence-electron chi connectivity index (χ3n) is 3.49. The van der Waals surface area contributed by atoms with Crippen LogP contribution in [0.1, 0.15) is 49.7 Å². The van der Waals surface area contributed by atoms with Gasteiger partial charge in [-0.1, -0.05) is 26.2 Å². The van der Waals surface area contributed by atoms with E-state index in [-0.39, 0.29) is 0 Å². The molecule has 2 nitrogen and oxygen atoms in total. The Balaban J connectivity index is 1.77. The van der Waals surface area contributed by atoms with Crippen LogP contribution in [0.4, 0.5) is 0 Å². The van der Waals surface area contributed by atoms with Crippen molar-refractivity contribution in [1.82, 2.24) is 4.98 Å². The molecule has 1 heterocycles. The average molecular weight is 274 g/mol. The van der Waals surface area contributed by atoms with E-state index in [4.69, 9.17) is 16.3 Å². The Morgan fingerprint density at radius 2 is 2.41 bits per heavy atom. The number of rotatable bonds is 5. The second-order valence-electron chi connectivity index (χ2n) is 4.74. The number of thiazole rings is 1. The highest BCUT2D eigenvalue weighted by atomic mass is 35.5. The molecular weight excluding hydrogens is 254 g/mol. The van der Waals surface area contributed by atoms with Crippen molar-refractivity contribution in [1.29, 1.82) is 0 Å². The van der Waals surface area contributed by atoms with Gasteiger partial charge < -0.3 is 4.74 Å². The maximum atomic E-state index is 5.96. The SMILES string of the molecule is CCC1CCCC(OCc2nc(CCl)cs2)C1. The Morgan fingerprint density at radius 3 is 3.12 bits per heavy atom. The van der Waals surface area contributed by atoms with Crippen molar-refractivity contribution in [2.24, 2.45) is 5.92 Å². The molecule has 2 atom stereocenters. The van der Waals surface area contributed by atoms with Gasteiger partial charge in [-0.2, -0.15) is 0 Å². The lowest BCUT2D eigenvalue weighted by Crippen LogP contribution is -2.22. The fourth-order valence-corrected chi connectivity index (χ4v) is 3.37. The smallest absolute Gasteiger partial charge is 0.119 e. The number of nitrogens with zero attached hydrogens (tertiary/aromatic N) is 1. The van der Waals surface area contributed by atoms with Crippen molar-refractivity contribution in [2.75, 3.05) is 0 Å². The van der Waals surface area contributed by atoms with Crippen LogP contribution >= 0.6 is 22.9 Å². The van der Waals surface area contributed by atoms with Crippen LogP contribution < -0.4 is 0 Å². The quantitative estimate of drug-likeness (QED) is 0.744. The van der Waals surface area contributed by atoms with Gasteiger partial charge in [-0.25, -0.2) is 4.98 Å². The van der Waals surface area contributed by atoms with E-state index in [9.17, 15) is 0 Å². The molecular formula is C13H20ClNOS. The summed E-state index contributed by atoms with van der Waals surface area (Å²) < 4.78 is 5.96. The van der Waals surface area contributed by atoms with E-state index >= 15 is 0 Å². The van der Waals surface area contributed by atoms with Crippen LogP contribution in [0.15, 0.2) is 5.38 Å². The molecule has 1 aromatic heterocycles. The largest absolute Gasteiger partial charge is 0.371 e. The van der Waals surface area contributed by atoms with Gasteiger partial charge in [0.25, 0.3) is 0 Å². The molecule has 0 bridgehead atoms. The molecule has 96 valence electrons. The lowest BCUT2D eigenvalue weighted by Gasteiger charge is -2.28. The van der Waals surface area contributed by atoms with E-state index in [0.717, 1.165) is 16.6 Å². The zero-order valence-electron chi connectivity index (χ0n) is 10.3. The Morgan fingerprint density at radius 1 is 1.53 bits per heavy atom. The average Bonchev–Trinajstić information content (AvgIpc) is 2.84. The Hall–Kier alpha value is -0.120. The monoisotopic (exact) mass is 273 g/mol. The number of ether oxygens (including phenoxy) is 1. The lowest BCUT2D eigenvalue weighted by molar-refractivity contribution is 0.00167. The molecule has 0 radical (unpaired) electrons. The summed E-state index contributed by atoms with van der Waals surface area (Å²) in [6, 6.07) is 0. The van der Waals surface area contributed by atoms with Crippen LogP contribution in [0.25, 0.3) is 0 Å².